The van der Waals surface area contributed by atoms with E-state index >= 15 is 0 Å². The molecule has 0 aromatic heterocycles. The maximum Gasteiger partial charge on any atom is 0.310 e. The Kier molecular flexibility index (Phi) is 8.73. The molecule has 0 fully saturated rings. The first-order valence-corrected chi connectivity index (χ1v) is 7.10. The van der Waals surface area contributed by atoms with Crippen LogP contribution in [-0.4, -0.2) is 25.8 Å². The second-order valence-electron chi connectivity index (χ2n) is 4.56. The van der Waals surface area contributed by atoms with Crippen LogP contribution in [0.25, 0.3) is 0 Å². The molecule has 0 heterocycles. The van der Waals surface area contributed by atoms with E-state index in [1.54, 1.807) is 0 Å². The van der Waals surface area contributed by atoms with Crippen LogP contribution >= 0.6 is 0 Å². The molecule has 0 aliphatic heterocycles. The average Bonchev–Trinajstić information content (AvgIpc) is 2.43. The van der Waals surface area contributed by atoms with Crippen molar-refractivity contribution in [2.75, 3.05) is 19.8 Å². The molecule has 19 heavy (non-hydrogen) atoms. The van der Waals surface area contributed by atoms with Crippen LogP contribution in [0.5, 0.6) is 0 Å². The van der Waals surface area contributed by atoms with Gasteiger partial charge in [0.2, 0.25) is 0 Å². The lowest BCUT2D eigenvalue weighted by atomic mass is 10.2. The van der Waals surface area contributed by atoms with Gasteiger partial charge < -0.3 is 9.47 Å². The highest BCUT2D eigenvalue weighted by molar-refractivity contribution is 5.72. The maximum atomic E-state index is 11.5. The molecule has 0 amide bonds. The van der Waals surface area contributed by atoms with E-state index in [2.05, 4.69) is 6.92 Å². The molecule has 106 valence electrons. The summed E-state index contributed by atoms with van der Waals surface area (Å²) in [6.45, 7) is 4.24. The average molecular weight is 264 g/mol. The number of hydrogen-bond donors (Lipinski definition) is 0. The highest BCUT2D eigenvalue weighted by atomic mass is 16.5. The molecule has 3 heteroatoms. The summed E-state index contributed by atoms with van der Waals surface area (Å²) in [5.74, 6) is -0.155. The van der Waals surface area contributed by atoms with Crippen molar-refractivity contribution in [3.8, 4) is 0 Å². The third-order valence-electron chi connectivity index (χ3n) is 2.78. The van der Waals surface area contributed by atoms with Crippen molar-refractivity contribution < 1.29 is 14.3 Å². The standard InChI is InChI=1S/C16H24O3/c1-2-3-11-18-12-7-8-13-19-16(17)14-15-9-5-4-6-10-15/h4-6,9-10H,2-3,7-8,11-14H2,1H3. The van der Waals surface area contributed by atoms with Gasteiger partial charge in [0.05, 0.1) is 13.0 Å². The van der Waals surface area contributed by atoms with E-state index in [-0.39, 0.29) is 5.97 Å². The Morgan fingerprint density at radius 2 is 1.68 bits per heavy atom. The van der Waals surface area contributed by atoms with Gasteiger partial charge in [-0.1, -0.05) is 43.7 Å². The van der Waals surface area contributed by atoms with E-state index in [0.717, 1.165) is 44.5 Å². The van der Waals surface area contributed by atoms with Gasteiger partial charge in [-0.05, 0) is 24.8 Å². The van der Waals surface area contributed by atoms with Gasteiger partial charge in [-0.25, -0.2) is 0 Å². The molecule has 0 unspecified atom stereocenters. The second kappa shape index (κ2) is 10.6. The van der Waals surface area contributed by atoms with E-state index in [9.17, 15) is 4.79 Å². The predicted octanol–water partition coefficient (Wildman–Crippen LogP) is 3.37. The zero-order chi connectivity index (χ0) is 13.8. The van der Waals surface area contributed by atoms with Gasteiger partial charge in [-0.3, -0.25) is 4.79 Å². The number of unbranched alkanes of at least 4 members (excludes halogenated alkanes) is 2. The predicted molar refractivity (Wildman–Crippen MR) is 76.1 cm³/mol. The molecule has 1 rings (SSSR count). The van der Waals surface area contributed by atoms with E-state index in [1.807, 2.05) is 30.3 Å². The van der Waals surface area contributed by atoms with Crippen LogP contribution in [0.1, 0.15) is 38.2 Å². The molecule has 0 aliphatic rings. The summed E-state index contributed by atoms with van der Waals surface area (Å²) in [4.78, 5) is 11.5. The summed E-state index contributed by atoms with van der Waals surface area (Å²) in [6.07, 6.45) is 4.45. The van der Waals surface area contributed by atoms with Crippen molar-refractivity contribution in [2.45, 2.75) is 39.0 Å². The fourth-order valence-electron chi connectivity index (χ4n) is 1.65. The fraction of sp³-hybridized carbons (Fsp3) is 0.562. The summed E-state index contributed by atoms with van der Waals surface area (Å²) in [5, 5.41) is 0. The SMILES string of the molecule is CCCCOCCCCOC(=O)Cc1ccccc1. The van der Waals surface area contributed by atoms with Gasteiger partial charge >= 0.3 is 5.97 Å². The Labute approximate surface area is 115 Å². The first-order valence-electron chi connectivity index (χ1n) is 7.10. The van der Waals surface area contributed by atoms with E-state index in [4.69, 9.17) is 9.47 Å². The minimum Gasteiger partial charge on any atom is -0.465 e. The number of benzene rings is 1. The minimum atomic E-state index is -0.155. The highest BCUT2D eigenvalue weighted by Gasteiger charge is 2.03. The van der Waals surface area contributed by atoms with Crippen LogP contribution < -0.4 is 0 Å². The monoisotopic (exact) mass is 264 g/mol. The molecule has 0 N–H and O–H groups in total. The van der Waals surface area contributed by atoms with Gasteiger partial charge in [-0.2, -0.15) is 0 Å². The van der Waals surface area contributed by atoms with Crippen molar-refractivity contribution in [3.05, 3.63) is 35.9 Å². The molecule has 0 atom stereocenters. The van der Waals surface area contributed by atoms with Crippen LogP contribution in [-0.2, 0) is 20.7 Å². The first kappa shape index (κ1) is 15.7. The Hall–Kier alpha value is -1.35. The van der Waals surface area contributed by atoms with Crippen LogP contribution in [0.15, 0.2) is 30.3 Å². The summed E-state index contributed by atoms with van der Waals surface area (Å²) in [6, 6.07) is 9.66. The quantitative estimate of drug-likeness (QED) is 0.480. The van der Waals surface area contributed by atoms with E-state index in [1.165, 1.54) is 0 Å². The summed E-state index contributed by atoms with van der Waals surface area (Å²) in [5.41, 5.74) is 0.996. The fourth-order valence-corrected chi connectivity index (χ4v) is 1.65. The van der Waals surface area contributed by atoms with Crippen LogP contribution in [0.3, 0.4) is 0 Å². The maximum absolute atomic E-state index is 11.5. The Bertz CT molecular complexity index is 335. The van der Waals surface area contributed by atoms with Crippen molar-refractivity contribution in [1.82, 2.24) is 0 Å². The largest absolute Gasteiger partial charge is 0.465 e. The number of rotatable bonds is 10. The van der Waals surface area contributed by atoms with Crippen molar-refractivity contribution in [3.63, 3.8) is 0 Å². The third-order valence-corrected chi connectivity index (χ3v) is 2.78. The first-order chi connectivity index (χ1) is 9.33. The molecule has 0 saturated heterocycles. The molecule has 3 nitrogen and oxygen atoms in total. The molecule has 0 spiro atoms. The number of carbonyl (C=O) groups excluding carboxylic acids is 1. The Morgan fingerprint density at radius 1 is 1.00 bits per heavy atom. The lowest BCUT2D eigenvalue weighted by Crippen LogP contribution is -2.09. The zero-order valence-electron chi connectivity index (χ0n) is 11.8. The minimum absolute atomic E-state index is 0.155. The van der Waals surface area contributed by atoms with E-state index < -0.39 is 0 Å². The molecule has 1 aromatic carbocycles. The van der Waals surface area contributed by atoms with Crippen molar-refractivity contribution in [1.29, 1.82) is 0 Å². The Balaban J connectivity index is 1.96. The number of hydrogen-bond acceptors (Lipinski definition) is 3. The third kappa shape index (κ3) is 8.38. The van der Waals surface area contributed by atoms with Gasteiger partial charge in [0.25, 0.3) is 0 Å². The molecule has 0 saturated carbocycles. The molecule has 1 aromatic rings. The lowest BCUT2D eigenvalue weighted by Gasteiger charge is -2.05. The molecular weight excluding hydrogens is 240 g/mol. The summed E-state index contributed by atoms with van der Waals surface area (Å²) < 4.78 is 10.6. The topological polar surface area (TPSA) is 35.5 Å². The number of carbonyl (C=O) groups is 1. The zero-order valence-corrected chi connectivity index (χ0v) is 11.8. The van der Waals surface area contributed by atoms with Gasteiger partial charge in [-0.15, -0.1) is 0 Å². The molecular formula is C16H24O3. The van der Waals surface area contributed by atoms with Crippen LogP contribution in [0, 0.1) is 0 Å². The second-order valence-corrected chi connectivity index (χ2v) is 4.56. The van der Waals surface area contributed by atoms with Gasteiger partial charge in [0, 0.05) is 13.2 Å². The van der Waals surface area contributed by atoms with Crippen molar-refractivity contribution in [2.24, 2.45) is 0 Å². The van der Waals surface area contributed by atoms with Crippen molar-refractivity contribution >= 4 is 5.97 Å². The molecule has 0 bridgehead atoms. The summed E-state index contributed by atoms with van der Waals surface area (Å²) >= 11 is 0. The lowest BCUT2D eigenvalue weighted by molar-refractivity contribution is -0.143. The molecule has 0 aliphatic carbocycles. The Morgan fingerprint density at radius 3 is 2.42 bits per heavy atom. The normalized spacial score (nSPS) is 10.4. The number of ether oxygens (including phenoxy) is 2. The smallest absolute Gasteiger partial charge is 0.310 e. The van der Waals surface area contributed by atoms with E-state index in [0.29, 0.717) is 13.0 Å². The number of esters is 1. The summed E-state index contributed by atoms with van der Waals surface area (Å²) in [7, 11) is 0. The van der Waals surface area contributed by atoms with Gasteiger partial charge in [0.1, 0.15) is 0 Å². The van der Waals surface area contributed by atoms with Gasteiger partial charge in [0.15, 0.2) is 0 Å². The van der Waals surface area contributed by atoms with Crippen LogP contribution in [0.2, 0.25) is 0 Å². The highest BCUT2D eigenvalue weighted by Crippen LogP contribution is 2.01. The molecule has 0 radical (unpaired) electrons. The van der Waals surface area contributed by atoms with Crippen LogP contribution in [0.4, 0.5) is 0 Å².